The average Bonchev–Trinajstić information content (AvgIpc) is 4.31. The van der Waals surface area contributed by atoms with Gasteiger partial charge in [0.25, 0.3) is 0 Å². The number of fused-ring (bicyclic) bond motifs is 4. The van der Waals surface area contributed by atoms with E-state index in [-0.39, 0.29) is 95.2 Å². The number of β-amino-alcohol motifs (C(OH)–C–C–N with tert-alkyl or cyclic N) is 1. The molecule has 2 aromatic heterocycles. The predicted molar refractivity (Wildman–Crippen MR) is 303 cm³/mol. The van der Waals surface area contributed by atoms with Crippen LogP contribution in [0.5, 0.6) is 11.8 Å². The highest BCUT2D eigenvalue weighted by atomic mass is 35.5. The monoisotopic (exact) mass is 1130 g/mol. The van der Waals surface area contributed by atoms with Gasteiger partial charge in [-0.2, -0.15) is 9.97 Å². The molecule has 7 atom stereocenters. The van der Waals surface area contributed by atoms with Crippen LogP contribution in [0.15, 0.2) is 72.9 Å². The highest BCUT2D eigenvalue weighted by molar-refractivity contribution is 6.33. The topological polar surface area (TPSA) is 195 Å². The summed E-state index contributed by atoms with van der Waals surface area (Å²) >= 11 is 6.28. The molecule has 0 saturated carbocycles. The van der Waals surface area contributed by atoms with Gasteiger partial charge in [0.15, 0.2) is 5.82 Å². The van der Waals surface area contributed by atoms with Gasteiger partial charge in [0, 0.05) is 86.5 Å². The van der Waals surface area contributed by atoms with Crippen LogP contribution in [0.25, 0.3) is 44.1 Å². The van der Waals surface area contributed by atoms with Crippen molar-refractivity contribution in [1.29, 1.82) is 0 Å². The zero-order chi connectivity index (χ0) is 57.3. The number of anilines is 1. The first-order valence-corrected chi connectivity index (χ1v) is 28.1. The fourth-order valence-corrected chi connectivity index (χ4v) is 12.1. The standard InChI is InChI=1S/C61H67ClF3N9O7/c1-6-44-49(64)19-14-37-25-42(75)27-46(52(37)44)54-53(65)55-47(29-66-54)57(73-30-39-16-17-40(31-73)68-39)71-60(70-55)81-33-41-9-7-21-72(41)22-8-23-80-24-20-51(77)69-56(61(3,4)5)59(79)74-32-43(76)28-50(74)58(78)67-34(2)35-10-12-36(13-11-35)45-18-15-38(63)26-48(45)62/h1,10-15,18-19,25-27,29,34,39-41,43,50,56,68,75-76H,7-9,16-17,20-24,28,30-33H2,2-5H3,(H,67,78)(H,69,77)/t34-,39?,40?,41-,43+,50-,56+/m0/s1. The van der Waals surface area contributed by atoms with Crippen molar-refractivity contribution in [1.82, 2.24) is 40.7 Å². The number of phenols is 1. The number of nitrogens with zero attached hydrogens (tertiary/aromatic N) is 6. The number of nitrogens with one attached hydrogen (secondary N) is 3. The highest BCUT2D eigenvalue weighted by Gasteiger charge is 2.45. The van der Waals surface area contributed by atoms with E-state index in [1.807, 2.05) is 52.0 Å². The number of piperazine rings is 1. The van der Waals surface area contributed by atoms with Crippen LogP contribution in [-0.2, 0) is 19.1 Å². The Morgan fingerprint density at radius 3 is 2.44 bits per heavy atom. The first kappa shape index (κ1) is 57.2. The molecule has 5 N–H and O–H groups in total. The summed E-state index contributed by atoms with van der Waals surface area (Å²) in [5, 5.41) is 32.3. The van der Waals surface area contributed by atoms with Gasteiger partial charge in [-0.15, -0.1) is 6.42 Å². The average molecular weight is 1130 g/mol. The maximum absolute atomic E-state index is 17.1. The SMILES string of the molecule is C#Cc1c(F)ccc2cc(O)cc(-c3ncc4c(N5CC6CCC(C5)N6)nc(OC[C@@H]5CCCN5CCCOCCC(=O)N[C@H](C(=O)N5C[C@H](O)C[C@H]5C(=O)N[C@@H](C)c5ccc(-c6ccc(F)cc6Cl)cc5)C(C)(C)C)nc4c3F)c12. The lowest BCUT2D eigenvalue weighted by Crippen LogP contribution is -2.58. The molecule has 2 bridgehead atoms. The van der Waals surface area contributed by atoms with Gasteiger partial charge in [0.1, 0.15) is 53.1 Å². The summed E-state index contributed by atoms with van der Waals surface area (Å²) in [6.07, 6.45) is 10.8. The van der Waals surface area contributed by atoms with E-state index in [0.29, 0.717) is 54.8 Å². The molecule has 4 aliphatic heterocycles. The van der Waals surface area contributed by atoms with Crippen molar-refractivity contribution in [2.45, 2.75) is 115 Å². The number of halogens is 4. The fraction of sp³-hybridized carbons (Fsp3) is 0.443. The summed E-state index contributed by atoms with van der Waals surface area (Å²) in [5.41, 5.74) is 1.34. The van der Waals surface area contributed by atoms with E-state index >= 15 is 8.78 Å². The minimum absolute atomic E-state index is 0.00331. The maximum Gasteiger partial charge on any atom is 0.319 e. The van der Waals surface area contributed by atoms with E-state index in [9.17, 15) is 29.0 Å². The van der Waals surface area contributed by atoms with Crippen LogP contribution >= 0.6 is 11.6 Å². The Bertz CT molecular complexity index is 3380. The molecule has 3 amide bonds. The number of aliphatic hydroxyl groups excluding tert-OH is 1. The van der Waals surface area contributed by atoms with Crippen LogP contribution in [0.2, 0.25) is 5.02 Å². The Labute approximate surface area is 473 Å². The number of amides is 3. The Balaban J connectivity index is 0.731. The van der Waals surface area contributed by atoms with E-state index in [2.05, 4.69) is 41.6 Å². The second kappa shape index (κ2) is 24.2. The van der Waals surface area contributed by atoms with Crippen molar-refractivity contribution in [2.75, 3.05) is 57.4 Å². The number of terminal acetylenes is 1. The Hall–Kier alpha value is -7.08. The fourth-order valence-electron chi connectivity index (χ4n) is 11.8. The molecule has 6 aromatic rings. The third-order valence-electron chi connectivity index (χ3n) is 16.0. The molecule has 10 rings (SSSR count). The molecule has 4 aliphatic rings. The Morgan fingerprint density at radius 1 is 0.951 bits per heavy atom. The van der Waals surface area contributed by atoms with Crippen molar-refractivity contribution in [2.24, 2.45) is 5.41 Å². The van der Waals surface area contributed by atoms with Crippen LogP contribution < -0.4 is 25.6 Å². The van der Waals surface area contributed by atoms with E-state index < -0.39 is 64.8 Å². The summed E-state index contributed by atoms with van der Waals surface area (Å²) in [4.78, 5) is 61.3. The number of aromatic hydroxyl groups is 1. The lowest BCUT2D eigenvalue weighted by molar-refractivity contribution is -0.144. The molecule has 16 nitrogen and oxygen atoms in total. The number of carbonyl (C=O) groups is 3. The molecule has 4 aromatic carbocycles. The van der Waals surface area contributed by atoms with E-state index in [1.165, 1.54) is 47.5 Å². The number of phenolic OH excluding ortho intramolecular Hbond substituents is 1. The van der Waals surface area contributed by atoms with Gasteiger partial charge in [-0.25, -0.2) is 13.2 Å². The number of hydrogen-bond acceptors (Lipinski definition) is 13. The molecule has 81 heavy (non-hydrogen) atoms. The largest absolute Gasteiger partial charge is 0.508 e. The van der Waals surface area contributed by atoms with Gasteiger partial charge in [-0.3, -0.25) is 24.3 Å². The lowest BCUT2D eigenvalue weighted by atomic mass is 9.85. The first-order chi connectivity index (χ1) is 38.8. The number of benzene rings is 4. The zero-order valence-electron chi connectivity index (χ0n) is 45.8. The number of aliphatic hydroxyl groups is 1. The smallest absolute Gasteiger partial charge is 0.319 e. The number of rotatable bonds is 18. The van der Waals surface area contributed by atoms with Gasteiger partial charge >= 0.3 is 6.01 Å². The van der Waals surface area contributed by atoms with Gasteiger partial charge in [0.05, 0.1) is 34.7 Å². The first-order valence-electron chi connectivity index (χ1n) is 27.7. The van der Waals surface area contributed by atoms with Crippen molar-refractivity contribution in [3.63, 3.8) is 0 Å². The third-order valence-corrected chi connectivity index (χ3v) is 16.3. The molecule has 426 valence electrons. The van der Waals surface area contributed by atoms with E-state index in [1.54, 1.807) is 6.07 Å². The molecular formula is C61H67ClF3N9O7. The van der Waals surface area contributed by atoms with Gasteiger partial charge < -0.3 is 45.4 Å². The van der Waals surface area contributed by atoms with Crippen LogP contribution in [0, 0.1) is 35.2 Å². The summed E-state index contributed by atoms with van der Waals surface area (Å²) < 4.78 is 58.1. The summed E-state index contributed by atoms with van der Waals surface area (Å²) in [5.74, 6) is -0.466. The van der Waals surface area contributed by atoms with Crippen molar-refractivity contribution < 1.29 is 47.2 Å². The summed E-state index contributed by atoms with van der Waals surface area (Å²) in [7, 11) is 0. The van der Waals surface area contributed by atoms with Crippen LogP contribution in [0.3, 0.4) is 0 Å². The number of likely N-dealkylation sites (tertiary alicyclic amines) is 2. The molecular weight excluding hydrogens is 1060 g/mol. The van der Waals surface area contributed by atoms with Crippen molar-refractivity contribution in [3.8, 4) is 46.5 Å². The van der Waals surface area contributed by atoms with Crippen LogP contribution in [0.4, 0.5) is 19.0 Å². The van der Waals surface area contributed by atoms with E-state index in [0.717, 1.165) is 43.4 Å². The number of ether oxygens (including phenoxy) is 2. The molecule has 20 heteroatoms. The van der Waals surface area contributed by atoms with Crippen LogP contribution in [0.1, 0.15) is 89.8 Å². The minimum Gasteiger partial charge on any atom is -0.508 e. The Kier molecular flexibility index (Phi) is 17.1. The Morgan fingerprint density at radius 2 is 1.72 bits per heavy atom. The van der Waals surface area contributed by atoms with Crippen LogP contribution in [-0.4, -0.2) is 142 Å². The summed E-state index contributed by atoms with van der Waals surface area (Å²) in [6.45, 7) is 10.8. The van der Waals surface area contributed by atoms with Gasteiger partial charge in [-0.05, 0) is 104 Å². The normalized spacial score (nSPS) is 20.9. The van der Waals surface area contributed by atoms with Gasteiger partial charge in [-0.1, -0.05) is 68.6 Å². The minimum atomic E-state index is -0.999. The highest BCUT2D eigenvalue weighted by Crippen LogP contribution is 2.40. The molecule has 0 radical (unpaired) electrons. The second-order valence-corrected chi connectivity index (χ2v) is 23.2. The molecule has 6 heterocycles. The second-order valence-electron chi connectivity index (χ2n) is 22.8. The molecule has 0 spiro atoms. The van der Waals surface area contributed by atoms with Crippen molar-refractivity contribution >= 4 is 56.8 Å². The molecule has 4 saturated heterocycles. The van der Waals surface area contributed by atoms with Gasteiger partial charge in [0.2, 0.25) is 17.7 Å². The zero-order valence-corrected chi connectivity index (χ0v) is 46.5. The quantitative estimate of drug-likeness (QED) is 0.0409. The predicted octanol–water partition coefficient (Wildman–Crippen LogP) is 8.22. The molecule has 2 unspecified atom stereocenters. The number of hydrogen-bond donors (Lipinski definition) is 5. The molecule has 0 aliphatic carbocycles. The maximum atomic E-state index is 17.1. The lowest BCUT2D eigenvalue weighted by Gasteiger charge is -2.35. The van der Waals surface area contributed by atoms with E-state index in [4.69, 9.17) is 32.5 Å². The number of pyridine rings is 1. The van der Waals surface area contributed by atoms with Crippen molar-refractivity contribution in [3.05, 3.63) is 107 Å². The number of carbonyl (C=O) groups excluding carboxylic acids is 3. The molecule has 4 fully saturated rings. The summed E-state index contributed by atoms with van der Waals surface area (Å²) in [6, 6.07) is 15.0. The number of aromatic nitrogens is 3. The third kappa shape index (κ3) is 12.6.